The molecule has 1 amide bonds. The minimum Gasteiger partial charge on any atom is -0.394 e. The van der Waals surface area contributed by atoms with Crippen LogP contribution in [0.3, 0.4) is 0 Å². The molecular formula is C18H29NO2. The molecule has 0 aromatic rings. The summed E-state index contributed by atoms with van der Waals surface area (Å²) in [6.07, 6.45) is 12.9. The molecule has 0 aromatic heterocycles. The van der Waals surface area contributed by atoms with E-state index in [2.05, 4.69) is 5.32 Å². The van der Waals surface area contributed by atoms with Crippen molar-refractivity contribution in [1.29, 1.82) is 0 Å². The third kappa shape index (κ3) is 2.32. The Morgan fingerprint density at radius 3 is 1.95 bits per heavy atom. The minimum absolute atomic E-state index is 0.0750. The summed E-state index contributed by atoms with van der Waals surface area (Å²) in [7, 11) is 0. The van der Waals surface area contributed by atoms with Gasteiger partial charge >= 0.3 is 0 Å². The van der Waals surface area contributed by atoms with Gasteiger partial charge in [0.15, 0.2) is 0 Å². The first-order valence-corrected chi connectivity index (χ1v) is 9.07. The van der Waals surface area contributed by atoms with Crippen LogP contribution in [0, 0.1) is 23.2 Å². The molecule has 2 N–H and O–H groups in total. The van der Waals surface area contributed by atoms with Gasteiger partial charge < -0.3 is 10.4 Å². The van der Waals surface area contributed by atoms with Crippen LogP contribution in [0.1, 0.15) is 70.6 Å². The summed E-state index contributed by atoms with van der Waals surface area (Å²) in [5.41, 5.74) is -0.382. The average molecular weight is 291 g/mol. The van der Waals surface area contributed by atoms with Gasteiger partial charge in [0.1, 0.15) is 0 Å². The Bertz CT molecular complexity index is 390. The Labute approximate surface area is 127 Å². The highest BCUT2D eigenvalue weighted by Crippen LogP contribution is 2.60. The van der Waals surface area contributed by atoms with Gasteiger partial charge in [-0.05, 0) is 69.1 Å². The van der Waals surface area contributed by atoms with Crippen molar-refractivity contribution in [2.24, 2.45) is 23.2 Å². The van der Waals surface area contributed by atoms with Gasteiger partial charge in [0.05, 0.1) is 12.1 Å². The Balaban J connectivity index is 1.52. The van der Waals surface area contributed by atoms with Gasteiger partial charge in [-0.25, -0.2) is 0 Å². The Kier molecular flexibility index (Phi) is 3.33. The molecule has 4 bridgehead atoms. The molecule has 5 saturated carbocycles. The number of aliphatic hydroxyl groups excluding tert-OH is 1. The number of rotatable bonds is 3. The lowest BCUT2D eigenvalue weighted by Crippen LogP contribution is -2.60. The average Bonchev–Trinajstić information content (AvgIpc) is 2.47. The second-order valence-corrected chi connectivity index (χ2v) is 8.65. The lowest BCUT2D eigenvalue weighted by molar-refractivity contribution is -0.149. The van der Waals surface area contributed by atoms with Crippen molar-refractivity contribution in [3.63, 3.8) is 0 Å². The first-order valence-electron chi connectivity index (χ1n) is 9.07. The van der Waals surface area contributed by atoms with E-state index < -0.39 is 0 Å². The van der Waals surface area contributed by atoms with E-state index in [1.54, 1.807) is 0 Å². The van der Waals surface area contributed by atoms with Crippen LogP contribution >= 0.6 is 0 Å². The predicted molar refractivity (Wildman–Crippen MR) is 81.6 cm³/mol. The summed E-state index contributed by atoms with van der Waals surface area (Å²) >= 11 is 0. The molecule has 5 rings (SSSR count). The van der Waals surface area contributed by atoms with Crippen LogP contribution in [0.2, 0.25) is 0 Å². The standard InChI is InChI=1S/C18H29NO2/c20-12-18(4-2-1-3-5-18)19-16(21)17-9-13-6-14(10-17)8-15(7-13)11-17/h13-15,20H,1-12H2,(H,19,21). The van der Waals surface area contributed by atoms with Gasteiger partial charge in [-0.1, -0.05) is 19.3 Å². The molecule has 0 aliphatic heterocycles. The Hall–Kier alpha value is -0.570. The second kappa shape index (κ2) is 4.97. The van der Waals surface area contributed by atoms with E-state index in [4.69, 9.17) is 0 Å². The van der Waals surface area contributed by atoms with Crippen molar-refractivity contribution in [3.05, 3.63) is 0 Å². The highest BCUT2D eigenvalue weighted by molar-refractivity contribution is 5.84. The zero-order chi connectivity index (χ0) is 14.5. The first-order chi connectivity index (χ1) is 10.1. The van der Waals surface area contributed by atoms with E-state index in [9.17, 15) is 9.90 Å². The molecule has 0 heterocycles. The molecule has 0 saturated heterocycles. The molecule has 0 unspecified atom stereocenters. The van der Waals surface area contributed by atoms with E-state index in [1.165, 1.54) is 25.7 Å². The van der Waals surface area contributed by atoms with Crippen molar-refractivity contribution < 1.29 is 9.90 Å². The fourth-order valence-electron chi connectivity index (χ4n) is 6.31. The van der Waals surface area contributed by atoms with Crippen LogP contribution < -0.4 is 5.32 Å². The van der Waals surface area contributed by atoms with E-state index in [0.717, 1.165) is 62.7 Å². The monoisotopic (exact) mass is 291 g/mol. The molecule has 21 heavy (non-hydrogen) atoms. The molecule has 5 aliphatic rings. The third-order valence-corrected chi connectivity index (χ3v) is 7.01. The van der Waals surface area contributed by atoms with Crippen LogP contribution in [-0.2, 0) is 4.79 Å². The molecule has 0 spiro atoms. The Morgan fingerprint density at radius 1 is 0.952 bits per heavy atom. The fourth-order valence-corrected chi connectivity index (χ4v) is 6.31. The molecule has 0 atom stereocenters. The van der Waals surface area contributed by atoms with Gasteiger partial charge in [0.25, 0.3) is 0 Å². The number of aliphatic hydroxyl groups is 1. The highest BCUT2D eigenvalue weighted by atomic mass is 16.3. The quantitative estimate of drug-likeness (QED) is 0.840. The van der Waals surface area contributed by atoms with Crippen molar-refractivity contribution in [3.8, 4) is 0 Å². The predicted octanol–water partition coefficient (Wildman–Crippen LogP) is 3.01. The van der Waals surface area contributed by atoms with Crippen LogP contribution in [-0.4, -0.2) is 23.2 Å². The zero-order valence-electron chi connectivity index (χ0n) is 13.1. The van der Waals surface area contributed by atoms with Crippen LogP contribution in [0.5, 0.6) is 0 Å². The maximum absolute atomic E-state index is 13.1. The minimum atomic E-state index is -0.307. The number of nitrogens with one attached hydrogen (secondary N) is 1. The Morgan fingerprint density at radius 2 is 1.48 bits per heavy atom. The number of carbonyl (C=O) groups excluding carboxylic acids is 1. The molecule has 0 radical (unpaired) electrons. The normalized spacial score (nSPS) is 43.8. The maximum atomic E-state index is 13.1. The van der Waals surface area contributed by atoms with Crippen molar-refractivity contribution in [2.45, 2.75) is 76.2 Å². The SMILES string of the molecule is O=C(NC1(CO)CCCCC1)C12CC3CC(CC(C3)C1)C2. The van der Waals surface area contributed by atoms with Gasteiger partial charge in [-0.2, -0.15) is 0 Å². The second-order valence-electron chi connectivity index (χ2n) is 8.65. The van der Waals surface area contributed by atoms with Crippen molar-refractivity contribution in [2.75, 3.05) is 6.61 Å². The fraction of sp³-hybridized carbons (Fsp3) is 0.944. The summed E-state index contributed by atoms with van der Waals surface area (Å²) in [5.74, 6) is 2.70. The van der Waals surface area contributed by atoms with Crippen LogP contribution in [0.4, 0.5) is 0 Å². The topological polar surface area (TPSA) is 49.3 Å². The summed E-state index contributed by atoms with van der Waals surface area (Å²) in [4.78, 5) is 13.1. The molecule has 5 fully saturated rings. The van der Waals surface area contributed by atoms with Crippen LogP contribution in [0.25, 0.3) is 0 Å². The summed E-state index contributed by atoms with van der Waals surface area (Å²) in [6, 6.07) is 0. The third-order valence-electron chi connectivity index (χ3n) is 7.01. The zero-order valence-corrected chi connectivity index (χ0v) is 13.1. The van der Waals surface area contributed by atoms with E-state index in [-0.39, 0.29) is 23.5 Å². The van der Waals surface area contributed by atoms with E-state index in [0.29, 0.717) is 0 Å². The van der Waals surface area contributed by atoms with Crippen molar-refractivity contribution >= 4 is 5.91 Å². The smallest absolute Gasteiger partial charge is 0.226 e. The van der Waals surface area contributed by atoms with Gasteiger partial charge in [-0.15, -0.1) is 0 Å². The summed E-state index contributed by atoms with van der Waals surface area (Å²) < 4.78 is 0. The summed E-state index contributed by atoms with van der Waals surface area (Å²) in [5, 5.41) is 13.2. The van der Waals surface area contributed by atoms with Crippen molar-refractivity contribution in [1.82, 2.24) is 5.32 Å². The maximum Gasteiger partial charge on any atom is 0.226 e. The number of hydrogen-bond donors (Lipinski definition) is 2. The molecule has 3 heteroatoms. The molecular weight excluding hydrogens is 262 g/mol. The van der Waals surface area contributed by atoms with E-state index >= 15 is 0 Å². The molecule has 0 aromatic carbocycles. The highest BCUT2D eigenvalue weighted by Gasteiger charge is 2.55. The lowest BCUT2D eigenvalue weighted by atomic mass is 9.49. The van der Waals surface area contributed by atoms with Gasteiger partial charge in [0, 0.05) is 5.41 Å². The van der Waals surface area contributed by atoms with E-state index in [1.807, 2.05) is 0 Å². The largest absolute Gasteiger partial charge is 0.394 e. The summed E-state index contributed by atoms with van der Waals surface area (Å²) in [6.45, 7) is 0.116. The lowest BCUT2D eigenvalue weighted by Gasteiger charge is -2.56. The van der Waals surface area contributed by atoms with Gasteiger partial charge in [-0.3, -0.25) is 4.79 Å². The first kappa shape index (κ1) is 14.0. The van der Waals surface area contributed by atoms with Gasteiger partial charge in [0.2, 0.25) is 5.91 Å². The number of amides is 1. The molecule has 3 nitrogen and oxygen atoms in total. The molecule has 5 aliphatic carbocycles. The number of carbonyl (C=O) groups is 1. The number of hydrogen-bond acceptors (Lipinski definition) is 2. The van der Waals surface area contributed by atoms with Crippen LogP contribution in [0.15, 0.2) is 0 Å². The molecule has 118 valence electrons.